The van der Waals surface area contributed by atoms with Crippen molar-refractivity contribution in [1.29, 1.82) is 0 Å². The monoisotopic (exact) mass is 114 g/mol. The fourth-order valence-electron chi connectivity index (χ4n) is 0.443. The van der Waals surface area contributed by atoms with E-state index in [1.807, 2.05) is 13.8 Å². The maximum atomic E-state index is 10.4. The molecule has 0 aromatic carbocycles. The van der Waals surface area contributed by atoms with Crippen LogP contribution < -0.4 is 5.32 Å². The quantitative estimate of drug-likeness (QED) is 0.568. The Morgan fingerprint density at radius 2 is 2.25 bits per heavy atom. The van der Waals surface area contributed by atoms with Crippen molar-refractivity contribution in [2.45, 2.75) is 20.3 Å². The molecule has 0 aliphatic rings. The number of nitrogens with one attached hydrogen (secondary N) is 1. The lowest BCUT2D eigenvalue weighted by atomic mass is 10.1. The molecule has 0 rings (SSSR count). The first kappa shape index (κ1) is 7.47. The van der Waals surface area contributed by atoms with Crippen LogP contribution in [0.5, 0.6) is 0 Å². The number of carbonyl (C=O) groups excluding carboxylic acids is 1. The van der Waals surface area contributed by atoms with Gasteiger partial charge in [-0.1, -0.05) is 13.8 Å². The maximum absolute atomic E-state index is 10.4. The largest absolute Gasteiger partial charge is 0.354 e. The van der Waals surface area contributed by atoms with E-state index in [2.05, 4.69) is 12.4 Å². The van der Waals surface area contributed by atoms with E-state index >= 15 is 0 Å². The Morgan fingerprint density at radius 1 is 1.75 bits per heavy atom. The molecule has 0 fully saturated rings. The number of hydrogen-bond donors (Lipinski definition) is 1. The van der Waals surface area contributed by atoms with E-state index in [-0.39, 0.29) is 5.91 Å². The van der Waals surface area contributed by atoms with Gasteiger partial charge in [-0.05, 0) is 5.92 Å². The van der Waals surface area contributed by atoms with Gasteiger partial charge in [0.15, 0.2) is 0 Å². The lowest BCUT2D eigenvalue weighted by Crippen LogP contribution is -2.16. The predicted molar refractivity (Wildman–Crippen MR) is 33.0 cm³/mol. The van der Waals surface area contributed by atoms with Gasteiger partial charge in [-0.2, -0.15) is 0 Å². The minimum atomic E-state index is 0.0139. The average Bonchev–Trinajstić information content (AvgIpc) is 1.65. The van der Waals surface area contributed by atoms with Crippen molar-refractivity contribution in [3.05, 3.63) is 7.05 Å². The number of amides is 1. The van der Waals surface area contributed by atoms with Crippen LogP contribution in [0.25, 0.3) is 0 Å². The minimum absolute atomic E-state index is 0.0139. The van der Waals surface area contributed by atoms with Gasteiger partial charge < -0.3 is 5.32 Å². The molecule has 0 aliphatic heterocycles. The van der Waals surface area contributed by atoms with E-state index in [0.717, 1.165) is 0 Å². The van der Waals surface area contributed by atoms with Gasteiger partial charge in [-0.3, -0.25) is 4.79 Å². The summed E-state index contributed by atoms with van der Waals surface area (Å²) < 4.78 is 0. The summed E-state index contributed by atoms with van der Waals surface area (Å²) in [7, 11) is 3.24. The molecule has 1 amide bonds. The molecule has 0 atom stereocenters. The molecular formula is C6H12NO. The number of rotatable bonds is 2. The predicted octanol–water partition coefficient (Wildman–Crippen LogP) is 0.940. The summed E-state index contributed by atoms with van der Waals surface area (Å²) in [4.78, 5) is 10.4. The zero-order chi connectivity index (χ0) is 6.57. The summed E-state index contributed by atoms with van der Waals surface area (Å²) in [6, 6.07) is 0. The van der Waals surface area contributed by atoms with Gasteiger partial charge in [0.25, 0.3) is 0 Å². The Labute approximate surface area is 50.3 Å². The van der Waals surface area contributed by atoms with Crippen LogP contribution in [0.2, 0.25) is 0 Å². The highest BCUT2D eigenvalue weighted by Gasteiger charge is 1.99. The molecule has 0 heterocycles. The normalized spacial score (nSPS) is 9.50. The molecule has 0 unspecified atom stereocenters. The summed E-state index contributed by atoms with van der Waals surface area (Å²) in [6.07, 6.45) is 0.573. The Bertz CT molecular complexity index is 78.6. The molecule has 0 aromatic rings. The molecule has 8 heavy (non-hydrogen) atoms. The molecule has 1 N–H and O–H groups in total. The standard InChI is InChI=1S/C6H12NO/c1-5(2)4-6(8)7-3/h5H,3-4H2,1-2H3,(H,7,8). The van der Waals surface area contributed by atoms with Crippen LogP contribution >= 0.6 is 0 Å². The molecule has 0 aliphatic carbocycles. The number of carbonyl (C=O) groups is 1. The van der Waals surface area contributed by atoms with Crippen LogP contribution in [-0.4, -0.2) is 5.91 Å². The first-order valence-corrected chi connectivity index (χ1v) is 2.72. The summed E-state index contributed by atoms with van der Waals surface area (Å²) in [5.41, 5.74) is 0. The Morgan fingerprint density at radius 3 is 2.38 bits per heavy atom. The van der Waals surface area contributed by atoms with E-state index in [9.17, 15) is 4.79 Å². The number of hydrogen-bond acceptors (Lipinski definition) is 1. The van der Waals surface area contributed by atoms with E-state index < -0.39 is 0 Å². The van der Waals surface area contributed by atoms with E-state index in [1.54, 1.807) is 0 Å². The lowest BCUT2D eigenvalue weighted by Gasteiger charge is -2.00. The summed E-state index contributed by atoms with van der Waals surface area (Å²) in [5, 5.41) is 2.31. The molecule has 0 bridgehead atoms. The van der Waals surface area contributed by atoms with Crippen LogP contribution in [0.1, 0.15) is 20.3 Å². The Kier molecular flexibility index (Phi) is 3.24. The molecule has 47 valence electrons. The first-order chi connectivity index (χ1) is 3.66. The van der Waals surface area contributed by atoms with Gasteiger partial charge in [0.1, 0.15) is 0 Å². The van der Waals surface area contributed by atoms with Crippen molar-refractivity contribution < 1.29 is 4.79 Å². The van der Waals surface area contributed by atoms with Crippen molar-refractivity contribution in [2.75, 3.05) is 0 Å². The molecule has 0 saturated carbocycles. The van der Waals surface area contributed by atoms with E-state index in [4.69, 9.17) is 0 Å². The highest BCUT2D eigenvalue weighted by molar-refractivity contribution is 5.76. The molecule has 2 nitrogen and oxygen atoms in total. The second-order valence-corrected chi connectivity index (χ2v) is 2.20. The third kappa shape index (κ3) is 3.65. The van der Waals surface area contributed by atoms with E-state index in [0.29, 0.717) is 12.3 Å². The van der Waals surface area contributed by atoms with Crippen LogP contribution in [0.4, 0.5) is 0 Å². The minimum Gasteiger partial charge on any atom is -0.354 e. The van der Waals surface area contributed by atoms with Crippen LogP contribution in [0, 0.1) is 13.0 Å². The van der Waals surface area contributed by atoms with Crippen LogP contribution in [-0.2, 0) is 4.79 Å². The fourth-order valence-corrected chi connectivity index (χ4v) is 0.443. The SMILES string of the molecule is [CH2]NC(=O)CC(C)C. The second-order valence-electron chi connectivity index (χ2n) is 2.20. The zero-order valence-corrected chi connectivity index (χ0v) is 5.40. The Balaban J connectivity index is 3.25. The molecule has 0 spiro atoms. The molecule has 1 radical (unpaired) electrons. The molecular weight excluding hydrogens is 102 g/mol. The third-order valence-corrected chi connectivity index (χ3v) is 0.791. The molecule has 0 saturated heterocycles. The highest BCUT2D eigenvalue weighted by atomic mass is 16.1. The topological polar surface area (TPSA) is 29.1 Å². The smallest absolute Gasteiger partial charge is 0.220 e. The van der Waals surface area contributed by atoms with E-state index in [1.165, 1.54) is 0 Å². The highest BCUT2D eigenvalue weighted by Crippen LogP contribution is 1.96. The van der Waals surface area contributed by atoms with Gasteiger partial charge in [-0.25, -0.2) is 0 Å². The average molecular weight is 114 g/mol. The summed E-state index contributed by atoms with van der Waals surface area (Å²) in [6.45, 7) is 3.99. The van der Waals surface area contributed by atoms with Gasteiger partial charge >= 0.3 is 0 Å². The third-order valence-electron chi connectivity index (χ3n) is 0.791. The maximum Gasteiger partial charge on any atom is 0.220 e. The lowest BCUT2D eigenvalue weighted by molar-refractivity contribution is -0.120. The van der Waals surface area contributed by atoms with Crippen molar-refractivity contribution in [1.82, 2.24) is 5.32 Å². The van der Waals surface area contributed by atoms with Gasteiger partial charge in [0.05, 0.1) is 0 Å². The van der Waals surface area contributed by atoms with Gasteiger partial charge in [0, 0.05) is 13.5 Å². The van der Waals surface area contributed by atoms with Gasteiger partial charge in [-0.15, -0.1) is 0 Å². The van der Waals surface area contributed by atoms with Crippen molar-refractivity contribution in [3.8, 4) is 0 Å². The fraction of sp³-hybridized carbons (Fsp3) is 0.667. The van der Waals surface area contributed by atoms with Crippen molar-refractivity contribution >= 4 is 5.91 Å². The van der Waals surface area contributed by atoms with Crippen molar-refractivity contribution in [2.24, 2.45) is 5.92 Å². The Hall–Kier alpha value is -0.530. The zero-order valence-electron chi connectivity index (χ0n) is 5.40. The summed E-state index contributed by atoms with van der Waals surface area (Å²) >= 11 is 0. The van der Waals surface area contributed by atoms with Crippen LogP contribution in [0.3, 0.4) is 0 Å². The molecule has 0 aromatic heterocycles. The van der Waals surface area contributed by atoms with Crippen molar-refractivity contribution in [3.63, 3.8) is 0 Å². The van der Waals surface area contributed by atoms with Gasteiger partial charge in [0.2, 0.25) is 5.91 Å². The van der Waals surface area contributed by atoms with Crippen LogP contribution in [0.15, 0.2) is 0 Å². The first-order valence-electron chi connectivity index (χ1n) is 2.72. The summed E-state index contributed by atoms with van der Waals surface area (Å²) in [5.74, 6) is 0.441. The molecule has 2 heteroatoms. The second kappa shape index (κ2) is 3.47.